The average Bonchev–Trinajstić information content (AvgIpc) is 3.41. The van der Waals surface area contributed by atoms with Crippen LogP contribution >= 0.6 is 0 Å². The molecule has 1 fully saturated rings. The molecule has 3 aliphatic rings. The first-order chi connectivity index (χ1) is 19.6. The molecule has 0 aromatic heterocycles. The fraction of sp³-hybridized carbons (Fsp3) is 0.324. The molecule has 0 radical (unpaired) electrons. The van der Waals surface area contributed by atoms with Crippen LogP contribution in [0.15, 0.2) is 66.7 Å². The molecule has 2 aliphatic heterocycles. The second-order valence-corrected chi connectivity index (χ2v) is 11.8. The second kappa shape index (κ2) is 9.33. The van der Waals surface area contributed by atoms with E-state index in [0.29, 0.717) is 33.9 Å². The van der Waals surface area contributed by atoms with Gasteiger partial charge in [0.25, 0.3) is 0 Å². The van der Waals surface area contributed by atoms with Crippen LogP contribution in [0.4, 0.5) is 5.69 Å². The standard InChI is InChI=1S/C34H33NO6/c1-33(2,3)32(38)27-26(22-16-17-24(39-4)29(41-6)28(22)40-5)34(30(36)20-12-8-9-13-21(20)31(34)37)25-18-15-19-11-7-10-14-23(19)35(25)27/h7-18,25-27H,1-6H3/t25-,26-,27+/m0/s1. The monoisotopic (exact) mass is 551 g/mol. The molecular weight excluding hydrogens is 518 g/mol. The van der Waals surface area contributed by atoms with Crippen LogP contribution in [0, 0.1) is 10.8 Å². The van der Waals surface area contributed by atoms with Gasteiger partial charge in [0.15, 0.2) is 28.8 Å². The molecular formula is C34H33NO6. The zero-order valence-electron chi connectivity index (χ0n) is 24.1. The quantitative estimate of drug-likeness (QED) is 0.373. The molecule has 1 aliphatic carbocycles. The van der Waals surface area contributed by atoms with Crippen molar-refractivity contribution in [3.63, 3.8) is 0 Å². The van der Waals surface area contributed by atoms with Gasteiger partial charge in [-0.3, -0.25) is 14.4 Å². The molecule has 41 heavy (non-hydrogen) atoms. The van der Waals surface area contributed by atoms with Crippen molar-refractivity contribution in [3.05, 3.63) is 89.0 Å². The molecule has 7 heteroatoms. The third kappa shape index (κ3) is 3.47. The Hall–Kier alpha value is -4.39. The van der Waals surface area contributed by atoms with Crippen LogP contribution in [0.1, 0.15) is 58.5 Å². The first-order valence-electron chi connectivity index (χ1n) is 13.7. The number of para-hydroxylation sites is 1. The van der Waals surface area contributed by atoms with Crippen LogP contribution in [-0.2, 0) is 4.79 Å². The summed E-state index contributed by atoms with van der Waals surface area (Å²) in [7, 11) is 4.55. The number of ether oxygens (including phenoxy) is 3. The lowest BCUT2D eigenvalue weighted by Crippen LogP contribution is -2.49. The van der Waals surface area contributed by atoms with E-state index in [2.05, 4.69) is 0 Å². The number of rotatable bonds is 5. The molecule has 1 saturated heterocycles. The number of ketones is 3. The van der Waals surface area contributed by atoms with E-state index in [1.54, 1.807) is 36.4 Å². The number of anilines is 1. The van der Waals surface area contributed by atoms with Crippen molar-refractivity contribution in [2.45, 2.75) is 38.8 Å². The third-order valence-electron chi connectivity index (χ3n) is 8.79. The molecule has 3 aromatic carbocycles. The molecule has 3 atom stereocenters. The zero-order valence-corrected chi connectivity index (χ0v) is 24.1. The topological polar surface area (TPSA) is 82.1 Å². The minimum Gasteiger partial charge on any atom is -0.493 e. The first-order valence-corrected chi connectivity index (χ1v) is 13.7. The van der Waals surface area contributed by atoms with Crippen LogP contribution in [-0.4, -0.2) is 50.8 Å². The van der Waals surface area contributed by atoms with Crippen molar-refractivity contribution < 1.29 is 28.6 Å². The Balaban J connectivity index is 1.74. The van der Waals surface area contributed by atoms with Crippen molar-refractivity contribution in [2.75, 3.05) is 26.2 Å². The van der Waals surface area contributed by atoms with Gasteiger partial charge in [0.2, 0.25) is 5.75 Å². The van der Waals surface area contributed by atoms with Crippen LogP contribution in [0.3, 0.4) is 0 Å². The predicted octanol–water partition coefficient (Wildman–Crippen LogP) is 5.76. The summed E-state index contributed by atoms with van der Waals surface area (Å²) in [6.07, 6.45) is 3.87. The van der Waals surface area contributed by atoms with Crippen LogP contribution < -0.4 is 19.1 Å². The molecule has 6 rings (SSSR count). The van der Waals surface area contributed by atoms with Crippen molar-refractivity contribution in [1.82, 2.24) is 0 Å². The Morgan fingerprint density at radius 1 is 0.805 bits per heavy atom. The summed E-state index contributed by atoms with van der Waals surface area (Å²) in [6.45, 7) is 5.62. The highest BCUT2D eigenvalue weighted by Gasteiger charge is 2.72. The van der Waals surface area contributed by atoms with Gasteiger partial charge in [0.05, 0.1) is 33.4 Å². The SMILES string of the molecule is COc1ccc([C@H]2[C@H](C(=O)C(C)(C)C)N3c4ccccc4C=C[C@H]3C23C(=O)c2ccccc2C3=O)c(OC)c1OC. The highest BCUT2D eigenvalue weighted by atomic mass is 16.5. The maximum absolute atomic E-state index is 14.8. The number of carbonyl (C=O) groups excluding carboxylic acids is 3. The van der Waals surface area contributed by atoms with Gasteiger partial charge in [-0.2, -0.15) is 0 Å². The first kappa shape index (κ1) is 26.8. The molecule has 210 valence electrons. The number of benzene rings is 3. The van der Waals surface area contributed by atoms with Gasteiger partial charge in [0, 0.05) is 33.7 Å². The van der Waals surface area contributed by atoms with E-state index in [1.165, 1.54) is 21.3 Å². The number of hydrogen-bond donors (Lipinski definition) is 0. The number of hydrogen-bond acceptors (Lipinski definition) is 7. The van der Waals surface area contributed by atoms with Gasteiger partial charge in [-0.25, -0.2) is 0 Å². The lowest BCUT2D eigenvalue weighted by Gasteiger charge is -2.38. The summed E-state index contributed by atoms with van der Waals surface area (Å²) >= 11 is 0. The summed E-state index contributed by atoms with van der Waals surface area (Å²) in [6, 6.07) is 16.7. The molecule has 2 heterocycles. The maximum atomic E-state index is 14.8. The normalized spacial score (nSPS) is 21.9. The second-order valence-electron chi connectivity index (χ2n) is 11.8. The Morgan fingerprint density at radius 2 is 1.41 bits per heavy atom. The van der Waals surface area contributed by atoms with Crippen LogP contribution in [0.25, 0.3) is 6.08 Å². The third-order valence-corrected chi connectivity index (χ3v) is 8.79. The number of nitrogens with zero attached hydrogens (tertiary/aromatic N) is 1. The van der Waals surface area contributed by atoms with E-state index in [-0.39, 0.29) is 17.3 Å². The highest BCUT2D eigenvalue weighted by molar-refractivity contribution is 6.32. The zero-order chi connectivity index (χ0) is 29.3. The van der Waals surface area contributed by atoms with Crippen molar-refractivity contribution >= 4 is 29.1 Å². The van der Waals surface area contributed by atoms with Crippen molar-refractivity contribution in [3.8, 4) is 17.2 Å². The summed E-state index contributed by atoms with van der Waals surface area (Å²) in [4.78, 5) is 46.2. The van der Waals surface area contributed by atoms with E-state index in [4.69, 9.17) is 14.2 Å². The summed E-state index contributed by atoms with van der Waals surface area (Å²) < 4.78 is 17.2. The van der Waals surface area contributed by atoms with E-state index in [9.17, 15) is 14.4 Å². The fourth-order valence-corrected chi connectivity index (χ4v) is 7.07. The molecule has 0 amide bonds. The molecule has 1 spiro atoms. The van der Waals surface area contributed by atoms with E-state index >= 15 is 0 Å². The van der Waals surface area contributed by atoms with E-state index in [0.717, 1.165) is 11.3 Å². The molecule has 3 aromatic rings. The summed E-state index contributed by atoms with van der Waals surface area (Å²) in [5.41, 5.74) is 0.614. The van der Waals surface area contributed by atoms with Crippen LogP contribution in [0.2, 0.25) is 0 Å². The van der Waals surface area contributed by atoms with Gasteiger partial charge in [0.1, 0.15) is 5.41 Å². The maximum Gasteiger partial charge on any atom is 0.203 e. The number of fused-ring (bicyclic) bond motifs is 5. The largest absolute Gasteiger partial charge is 0.493 e. The molecule has 0 N–H and O–H groups in total. The Labute approximate surface area is 239 Å². The molecule has 0 saturated carbocycles. The van der Waals surface area contributed by atoms with Crippen LogP contribution in [0.5, 0.6) is 17.2 Å². The Bertz CT molecular complexity index is 1600. The van der Waals surface area contributed by atoms with Gasteiger partial charge in [-0.05, 0) is 17.7 Å². The number of carbonyl (C=O) groups is 3. The van der Waals surface area contributed by atoms with Gasteiger partial charge in [-0.1, -0.05) is 81.5 Å². The predicted molar refractivity (Wildman–Crippen MR) is 156 cm³/mol. The van der Waals surface area contributed by atoms with Gasteiger partial charge in [-0.15, -0.1) is 0 Å². The Kier molecular flexibility index (Phi) is 6.10. The Morgan fingerprint density at radius 3 is 2.00 bits per heavy atom. The minimum atomic E-state index is -1.62. The minimum absolute atomic E-state index is 0.0807. The van der Waals surface area contributed by atoms with Crippen molar-refractivity contribution in [1.29, 1.82) is 0 Å². The van der Waals surface area contributed by atoms with E-state index in [1.807, 2.05) is 62.1 Å². The lowest BCUT2D eigenvalue weighted by molar-refractivity contribution is -0.127. The number of methoxy groups -OCH3 is 3. The fourth-order valence-electron chi connectivity index (χ4n) is 7.07. The lowest BCUT2D eigenvalue weighted by atomic mass is 9.63. The highest BCUT2D eigenvalue weighted by Crippen LogP contribution is 2.63. The molecule has 0 bridgehead atoms. The molecule has 7 nitrogen and oxygen atoms in total. The van der Waals surface area contributed by atoms with E-state index < -0.39 is 28.8 Å². The number of Topliss-reactive ketones (excluding diaryl/α,β-unsaturated/α-hetero) is 3. The average molecular weight is 552 g/mol. The molecule has 0 unspecified atom stereocenters. The van der Waals surface area contributed by atoms with Gasteiger partial charge < -0.3 is 19.1 Å². The summed E-state index contributed by atoms with van der Waals surface area (Å²) in [5, 5.41) is 0. The smallest absolute Gasteiger partial charge is 0.203 e. The van der Waals surface area contributed by atoms with Crippen molar-refractivity contribution in [2.24, 2.45) is 10.8 Å². The van der Waals surface area contributed by atoms with Gasteiger partial charge >= 0.3 is 0 Å². The summed E-state index contributed by atoms with van der Waals surface area (Å²) in [5.74, 6) is -0.446.